The van der Waals surface area contributed by atoms with Gasteiger partial charge in [-0.05, 0) is 31.0 Å². The van der Waals surface area contributed by atoms with Gasteiger partial charge in [0.25, 0.3) is 0 Å². The number of rotatable bonds is 5. The second kappa shape index (κ2) is 6.07. The molecule has 0 aliphatic heterocycles. The Morgan fingerprint density at radius 1 is 1.12 bits per heavy atom. The molecule has 4 nitrogen and oxygen atoms in total. The first-order valence-electron chi connectivity index (χ1n) is 8.05. The number of para-hydroxylation sites is 2. The Bertz CT molecular complexity index is 879. The topological polar surface area (TPSA) is 38.2 Å². The van der Waals surface area contributed by atoms with E-state index in [0.717, 1.165) is 35.4 Å². The van der Waals surface area contributed by atoms with Gasteiger partial charge in [0.05, 0.1) is 7.11 Å². The molecule has 0 atom stereocenters. The van der Waals surface area contributed by atoms with Crippen LogP contribution in [0.4, 0.5) is 10.2 Å². The van der Waals surface area contributed by atoms with Crippen LogP contribution < -0.4 is 9.64 Å². The van der Waals surface area contributed by atoms with Gasteiger partial charge in [0.2, 0.25) is 0 Å². The average molecular weight is 323 g/mol. The second-order valence-electron chi connectivity index (χ2n) is 6.00. The SMILES string of the molecule is COc1ccccc1CN(c1ncnc2c(F)cccc12)C1CC1. The van der Waals surface area contributed by atoms with Gasteiger partial charge in [-0.2, -0.15) is 0 Å². The average Bonchev–Trinajstić information content (AvgIpc) is 3.45. The van der Waals surface area contributed by atoms with E-state index in [1.54, 1.807) is 13.2 Å². The number of nitrogens with zero attached hydrogens (tertiary/aromatic N) is 3. The van der Waals surface area contributed by atoms with Gasteiger partial charge in [0.1, 0.15) is 29.2 Å². The zero-order valence-electron chi connectivity index (χ0n) is 13.4. The largest absolute Gasteiger partial charge is 0.496 e. The van der Waals surface area contributed by atoms with E-state index in [-0.39, 0.29) is 5.82 Å². The van der Waals surface area contributed by atoms with E-state index in [2.05, 4.69) is 20.9 Å². The van der Waals surface area contributed by atoms with Crippen LogP contribution in [0, 0.1) is 5.82 Å². The number of methoxy groups -OCH3 is 1. The highest BCUT2D eigenvalue weighted by atomic mass is 19.1. The van der Waals surface area contributed by atoms with Crippen molar-refractivity contribution in [1.82, 2.24) is 9.97 Å². The van der Waals surface area contributed by atoms with E-state index in [1.807, 2.05) is 24.3 Å². The van der Waals surface area contributed by atoms with Crippen LogP contribution in [-0.4, -0.2) is 23.1 Å². The summed E-state index contributed by atoms with van der Waals surface area (Å²) in [5.41, 5.74) is 1.46. The predicted octanol–water partition coefficient (Wildman–Crippen LogP) is 3.95. The molecule has 0 saturated heterocycles. The van der Waals surface area contributed by atoms with Gasteiger partial charge in [-0.25, -0.2) is 14.4 Å². The number of halogens is 1. The fourth-order valence-corrected chi connectivity index (χ4v) is 3.05. The van der Waals surface area contributed by atoms with E-state index in [4.69, 9.17) is 4.74 Å². The summed E-state index contributed by atoms with van der Waals surface area (Å²) in [4.78, 5) is 10.8. The predicted molar refractivity (Wildman–Crippen MR) is 91.7 cm³/mol. The molecule has 3 aromatic rings. The third kappa shape index (κ3) is 2.66. The molecule has 1 heterocycles. The fourth-order valence-electron chi connectivity index (χ4n) is 3.05. The molecule has 1 saturated carbocycles. The maximum atomic E-state index is 14.1. The summed E-state index contributed by atoms with van der Waals surface area (Å²) in [5.74, 6) is 1.32. The van der Waals surface area contributed by atoms with Crippen LogP contribution in [0.1, 0.15) is 18.4 Å². The summed E-state index contributed by atoms with van der Waals surface area (Å²) in [5, 5.41) is 0.749. The smallest absolute Gasteiger partial charge is 0.149 e. The van der Waals surface area contributed by atoms with Gasteiger partial charge in [-0.3, -0.25) is 0 Å². The molecule has 122 valence electrons. The molecule has 0 bridgehead atoms. The van der Waals surface area contributed by atoms with Crippen LogP contribution in [0.15, 0.2) is 48.8 Å². The molecule has 1 aromatic heterocycles. The summed E-state index contributed by atoms with van der Waals surface area (Å²) in [7, 11) is 1.68. The molecule has 1 aliphatic carbocycles. The van der Waals surface area contributed by atoms with Crippen molar-refractivity contribution >= 4 is 16.7 Å². The summed E-state index contributed by atoms with van der Waals surface area (Å²) in [6, 6.07) is 13.4. The lowest BCUT2D eigenvalue weighted by molar-refractivity contribution is 0.409. The first-order chi connectivity index (χ1) is 11.8. The van der Waals surface area contributed by atoms with Gasteiger partial charge in [-0.1, -0.05) is 24.3 Å². The highest BCUT2D eigenvalue weighted by Gasteiger charge is 2.31. The third-order valence-electron chi connectivity index (χ3n) is 4.39. The number of ether oxygens (including phenoxy) is 1. The van der Waals surface area contributed by atoms with Gasteiger partial charge in [0, 0.05) is 23.5 Å². The lowest BCUT2D eigenvalue weighted by atomic mass is 10.1. The summed E-state index contributed by atoms with van der Waals surface area (Å²) in [6.07, 6.45) is 3.68. The Morgan fingerprint density at radius 3 is 2.75 bits per heavy atom. The molecule has 1 fully saturated rings. The number of fused-ring (bicyclic) bond motifs is 1. The van der Waals surface area contributed by atoms with Crippen LogP contribution in [0.5, 0.6) is 5.75 Å². The molecule has 24 heavy (non-hydrogen) atoms. The summed E-state index contributed by atoms with van der Waals surface area (Å²) in [6.45, 7) is 0.678. The lowest BCUT2D eigenvalue weighted by Crippen LogP contribution is -2.26. The zero-order chi connectivity index (χ0) is 16.5. The summed E-state index contributed by atoms with van der Waals surface area (Å²) >= 11 is 0. The lowest BCUT2D eigenvalue weighted by Gasteiger charge is -2.25. The van der Waals surface area contributed by atoms with Crippen LogP contribution in [0.3, 0.4) is 0 Å². The Hall–Kier alpha value is -2.69. The highest BCUT2D eigenvalue weighted by Crippen LogP contribution is 2.36. The van der Waals surface area contributed by atoms with E-state index < -0.39 is 0 Å². The minimum Gasteiger partial charge on any atom is -0.496 e. The van der Waals surface area contributed by atoms with Crippen molar-refractivity contribution in [2.45, 2.75) is 25.4 Å². The quantitative estimate of drug-likeness (QED) is 0.713. The van der Waals surface area contributed by atoms with Crippen molar-refractivity contribution in [2.24, 2.45) is 0 Å². The Balaban J connectivity index is 1.78. The van der Waals surface area contributed by atoms with E-state index >= 15 is 0 Å². The zero-order valence-corrected chi connectivity index (χ0v) is 13.4. The maximum absolute atomic E-state index is 14.1. The first-order valence-corrected chi connectivity index (χ1v) is 8.05. The highest BCUT2D eigenvalue weighted by molar-refractivity contribution is 5.89. The molecular weight excluding hydrogens is 305 g/mol. The van der Waals surface area contributed by atoms with E-state index in [9.17, 15) is 4.39 Å². The minimum absolute atomic E-state index is 0.316. The van der Waals surface area contributed by atoms with Crippen molar-refractivity contribution in [3.05, 3.63) is 60.2 Å². The minimum atomic E-state index is -0.316. The van der Waals surface area contributed by atoms with Crippen LogP contribution >= 0.6 is 0 Å². The van der Waals surface area contributed by atoms with Crippen LogP contribution in [0.25, 0.3) is 10.9 Å². The number of aromatic nitrogens is 2. The molecule has 0 radical (unpaired) electrons. The van der Waals surface area contributed by atoms with Crippen molar-refractivity contribution in [2.75, 3.05) is 12.0 Å². The standard InChI is InChI=1S/C19H18FN3O/c1-24-17-8-3-2-5-13(17)11-23(14-9-10-14)19-15-6-4-7-16(20)18(15)21-12-22-19/h2-8,12,14H,9-11H2,1H3. The maximum Gasteiger partial charge on any atom is 0.149 e. The number of benzene rings is 2. The van der Waals surface area contributed by atoms with E-state index in [0.29, 0.717) is 18.1 Å². The number of hydrogen-bond donors (Lipinski definition) is 0. The first kappa shape index (κ1) is 14.9. The molecule has 0 N–H and O–H groups in total. The van der Waals surface area contributed by atoms with Crippen molar-refractivity contribution in [3.63, 3.8) is 0 Å². The Morgan fingerprint density at radius 2 is 1.96 bits per heavy atom. The van der Waals surface area contributed by atoms with Gasteiger partial charge < -0.3 is 9.64 Å². The van der Waals surface area contributed by atoms with Gasteiger partial charge >= 0.3 is 0 Å². The monoisotopic (exact) mass is 323 g/mol. The molecule has 0 amide bonds. The third-order valence-corrected chi connectivity index (χ3v) is 4.39. The normalized spacial score (nSPS) is 13.9. The molecule has 0 spiro atoms. The molecule has 5 heteroatoms. The molecule has 2 aromatic carbocycles. The number of hydrogen-bond acceptors (Lipinski definition) is 4. The van der Waals surface area contributed by atoms with Crippen molar-refractivity contribution < 1.29 is 9.13 Å². The Labute approximate surface area is 139 Å². The van der Waals surface area contributed by atoms with Crippen LogP contribution in [0.2, 0.25) is 0 Å². The molecule has 1 aliphatic rings. The molecule has 4 rings (SSSR count). The molecule has 0 unspecified atom stereocenters. The fraction of sp³-hybridized carbons (Fsp3) is 0.263. The van der Waals surface area contributed by atoms with Crippen molar-refractivity contribution in [1.29, 1.82) is 0 Å². The second-order valence-corrected chi connectivity index (χ2v) is 6.00. The molecular formula is C19H18FN3O. The Kier molecular flexibility index (Phi) is 3.76. The van der Waals surface area contributed by atoms with Gasteiger partial charge in [0.15, 0.2) is 0 Å². The van der Waals surface area contributed by atoms with Crippen LogP contribution in [-0.2, 0) is 6.54 Å². The number of anilines is 1. The summed E-state index contributed by atoms with van der Waals surface area (Å²) < 4.78 is 19.5. The van der Waals surface area contributed by atoms with Gasteiger partial charge in [-0.15, -0.1) is 0 Å². The van der Waals surface area contributed by atoms with Crippen molar-refractivity contribution in [3.8, 4) is 5.75 Å². The van der Waals surface area contributed by atoms with E-state index in [1.165, 1.54) is 12.4 Å².